The molecular weight excluding hydrogens is 477 g/mol. The van der Waals surface area contributed by atoms with Crippen LogP contribution in [0.15, 0.2) is 41.7 Å². The summed E-state index contributed by atoms with van der Waals surface area (Å²) in [6.07, 6.45) is 7.05. The van der Waals surface area contributed by atoms with Gasteiger partial charge in [0.25, 0.3) is 0 Å². The van der Waals surface area contributed by atoms with E-state index in [1.165, 1.54) is 11.1 Å². The molecule has 0 atom stereocenters. The number of aliphatic imine (C=N–C) groups is 1. The molecule has 2 N–H and O–H groups in total. The molecule has 0 unspecified atom stereocenters. The fraction of sp³-hybridized carbons (Fsp3) is 0.476. The van der Waals surface area contributed by atoms with E-state index in [2.05, 4.69) is 63.5 Å². The maximum Gasteiger partial charge on any atom is 0.191 e. The molecule has 0 aliphatic carbocycles. The van der Waals surface area contributed by atoms with Crippen molar-refractivity contribution >= 4 is 41.0 Å². The quantitative estimate of drug-likeness (QED) is 0.201. The van der Waals surface area contributed by atoms with Crippen LogP contribution in [0.25, 0.3) is 11.0 Å². The number of nitrogens with one attached hydrogen (secondary N) is 2. The number of rotatable bonds is 9. The summed E-state index contributed by atoms with van der Waals surface area (Å²) >= 11 is 0. The second kappa shape index (κ2) is 11.8. The first-order chi connectivity index (χ1) is 13.7. The highest BCUT2D eigenvalue weighted by molar-refractivity contribution is 14.0. The van der Waals surface area contributed by atoms with Gasteiger partial charge in [-0.25, -0.2) is 4.98 Å². The lowest BCUT2D eigenvalue weighted by molar-refractivity contribution is 0.645. The molecular formula is C21H32IN7. The van der Waals surface area contributed by atoms with Crippen molar-refractivity contribution in [3.63, 3.8) is 0 Å². The number of imidazole rings is 1. The molecule has 0 amide bonds. The monoisotopic (exact) mass is 509 g/mol. The number of aromatic nitrogens is 4. The number of halogens is 1. The van der Waals surface area contributed by atoms with E-state index in [9.17, 15) is 0 Å². The zero-order valence-corrected chi connectivity index (χ0v) is 19.9. The second-order valence-corrected chi connectivity index (χ2v) is 6.97. The predicted molar refractivity (Wildman–Crippen MR) is 130 cm³/mol. The number of nitrogens with zero attached hydrogens (tertiary/aromatic N) is 5. The van der Waals surface area contributed by atoms with Crippen LogP contribution in [-0.2, 0) is 20.0 Å². The molecule has 0 saturated heterocycles. The predicted octanol–water partition coefficient (Wildman–Crippen LogP) is 3.27. The average molecular weight is 509 g/mol. The van der Waals surface area contributed by atoms with Gasteiger partial charge in [-0.05, 0) is 50.8 Å². The SMILES string of the molecule is CCNC(=NCCCn1c(C)nc2ccccc21)NCCCc1cnn(C)c1.I. The highest BCUT2D eigenvalue weighted by Gasteiger charge is 2.06. The molecule has 29 heavy (non-hydrogen) atoms. The Labute approximate surface area is 190 Å². The molecule has 0 spiro atoms. The summed E-state index contributed by atoms with van der Waals surface area (Å²) in [4.78, 5) is 9.34. The minimum atomic E-state index is 0. The van der Waals surface area contributed by atoms with Crippen molar-refractivity contribution in [2.75, 3.05) is 19.6 Å². The number of guanidine groups is 1. The number of fused-ring (bicyclic) bond motifs is 1. The molecule has 8 heteroatoms. The summed E-state index contributed by atoms with van der Waals surface area (Å²) in [5.74, 6) is 1.95. The van der Waals surface area contributed by atoms with E-state index >= 15 is 0 Å². The fourth-order valence-corrected chi connectivity index (χ4v) is 3.34. The third kappa shape index (κ3) is 6.73. The maximum absolute atomic E-state index is 4.72. The summed E-state index contributed by atoms with van der Waals surface area (Å²) in [6.45, 7) is 7.62. The third-order valence-corrected chi connectivity index (χ3v) is 4.69. The number of hydrogen-bond acceptors (Lipinski definition) is 3. The Morgan fingerprint density at radius 2 is 2.00 bits per heavy atom. The molecule has 1 aromatic carbocycles. The van der Waals surface area contributed by atoms with Gasteiger partial charge in [-0.15, -0.1) is 24.0 Å². The van der Waals surface area contributed by atoms with Crippen LogP contribution in [0, 0.1) is 6.92 Å². The van der Waals surface area contributed by atoms with Crippen LogP contribution in [0.5, 0.6) is 0 Å². The van der Waals surface area contributed by atoms with E-state index in [1.807, 2.05) is 24.0 Å². The number of aryl methyl sites for hydroxylation is 4. The summed E-state index contributed by atoms with van der Waals surface area (Å²) in [5.41, 5.74) is 3.53. The van der Waals surface area contributed by atoms with Crippen LogP contribution in [0.3, 0.4) is 0 Å². The van der Waals surface area contributed by atoms with E-state index in [0.29, 0.717) is 0 Å². The van der Waals surface area contributed by atoms with Gasteiger partial charge in [0.15, 0.2) is 5.96 Å². The standard InChI is InChI=1S/C21H31N7.HI/c1-4-22-21(23-12-7-9-18-15-25-27(3)16-18)24-13-8-14-28-17(2)26-19-10-5-6-11-20(19)28;/h5-6,10-11,15-16H,4,7-9,12-14H2,1-3H3,(H2,22,23,24);1H. The molecule has 158 valence electrons. The van der Waals surface area contributed by atoms with Crippen LogP contribution in [0.2, 0.25) is 0 Å². The molecule has 0 saturated carbocycles. The highest BCUT2D eigenvalue weighted by atomic mass is 127. The summed E-state index contributed by atoms with van der Waals surface area (Å²) in [5, 5.41) is 11.0. The number of hydrogen-bond donors (Lipinski definition) is 2. The largest absolute Gasteiger partial charge is 0.357 e. The molecule has 0 aliphatic rings. The minimum Gasteiger partial charge on any atom is -0.357 e. The Morgan fingerprint density at radius 1 is 1.17 bits per heavy atom. The lowest BCUT2D eigenvalue weighted by Gasteiger charge is -2.11. The summed E-state index contributed by atoms with van der Waals surface area (Å²) in [6, 6.07) is 8.30. The molecule has 3 aromatic rings. The molecule has 7 nitrogen and oxygen atoms in total. The molecule has 2 aromatic heterocycles. The average Bonchev–Trinajstić information content (AvgIpc) is 3.24. The molecule has 2 heterocycles. The summed E-state index contributed by atoms with van der Waals surface area (Å²) < 4.78 is 4.12. The maximum atomic E-state index is 4.72. The van der Waals surface area contributed by atoms with Crippen LogP contribution in [0.4, 0.5) is 0 Å². The highest BCUT2D eigenvalue weighted by Crippen LogP contribution is 2.15. The van der Waals surface area contributed by atoms with Crippen LogP contribution < -0.4 is 10.6 Å². The van der Waals surface area contributed by atoms with E-state index in [0.717, 1.165) is 62.7 Å². The topological polar surface area (TPSA) is 72.1 Å². The molecule has 0 radical (unpaired) electrons. The molecule has 3 rings (SSSR count). The first-order valence-electron chi connectivity index (χ1n) is 10.1. The van der Waals surface area contributed by atoms with E-state index in [1.54, 1.807) is 0 Å². The zero-order valence-electron chi connectivity index (χ0n) is 17.6. The van der Waals surface area contributed by atoms with Gasteiger partial charge in [-0.2, -0.15) is 5.10 Å². The molecule has 0 aliphatic heterocycles. The van der Waals surface area contributed by atoms with E-state index in [-0.39, 0.29) is 24.0 Å². The Balaban J connectivity index is 0.00000300. The van der Waals surface area contributed by atoms with Crippen molar-refractivity contribution in [1.82, 2.24) is 30.0 Å². The van der Waals surface area contributed by atoms with Crippen LogP contribution in [-0.4, -0.2) is 44.9 Å². The third-order valence-electron chi connectivity index (χ3n) is 4.69. The number of benzene rings is 1. The van der Waals surface area contributed by atoms with Gasteiger partial charge in [-0.1, -0.05) is 12.1 Å². The molecule has 0 bridgehead atoms. The van der Waals surface area contributed by atoms with Gasteiger partial charge in [0.1, 0.15) is 5.82 Å². The van der Waals surface area contributed by atoms with Crippen molar-refractivity contribution in [2.45, 2.75) is 39.7 Å². The van der Waals surface area contributed by atoms with Gasteiger partial charge in [0.2, 0.25) is 0 Å². The lowest BCUT2D eigenvalue weighted by atomic mass is 10.2. The van der Waals surface area contributed by atoms with Crippen molar-refractivity contribution in [2.24, 2.45) is 12.0 Å². The van der Waals surface area contributed by atoms with Gasteiger partial charge >= 0.3 is 0 Å². The summed E-state index contributed by atoms with van der Waals surface area (Å²) in [7, 11) is 1.95. The Hall–Kier alpha value is -2.10. The van der Waals surface area contributed by atoms with Gasteiger partial charge < -0.3 is 15.2 Å². The Bertz CT molecular complexity index is 913. The Morgan fingerprint density at radius 3 is 2.76 bits per heavy atom. The van der Waals surface area contributed by atoms with Crippen molar-refractivity contribution in [3.05, 3.63) is 48.0 Å². The minimum absolute atomic E-state index is 0. The normalized spacial score (nSPS) is 11.5. The lowest BCUT2D eigenvalue weighted by Crippen LogP contribution is -2.38. The van der Waals surface area contributed by atoms with Crippen LogP contribution in [0.1, 0.15) is 31.2 Å². The zero-order chi connectivity index (χ0) is 19.8. The van der Waals surface area contributed by atoms with Crippen molar-refractivity contribution < 1.29 is 0 Å². The first-order valence-corrected chi connectivity index (χ1v) is 10.1. The van der Waals surface area contributed by atoms with Gasteiger partial charge in [-0.3, -0.25) is 9.67 Å². The number of para-hydroxylation sites is 2. The molecule has 0 fully saturated rings. The van der Waals surface area contributed by atoms with Crippen LogP contribution >= 0.6 is 24.0 Å². The smallest absolute Gasteiger partial charge is 0.191 e. The van der Waals surface area contributed by atoms with Gasteiger partial charge in [0, 0.05) is 39.4 Å². The first kappa shape index (κ1) is 23.2. The Kier molecular flexibility index (Phi) is 9.43. The van der Waals surface area contributed by atoms with E-state index in [4.69, 9.17) is 4.99 Å². The fourth-order valence-electron chi connectivity index (χ4n) is 3.34. The van der Waals surface area contributed by atoms with E-state index < -0.39 is 0 Å². The van der Waals surface area contributed by atoms with Crippen molar-refractivity contribution in [1.29, 1.82) is 0 Å². The van der Waals surface area contributed by atoms with Crippen molar-refractivity contribution in [3.8, 4) is 0 Å². The van der Waals surface area contributed by atoms with Gasteiger partial charge in [0.05, 0.1) is 17.2 Å². The second-order valence-electron chi connectivity index (χ2n) is 6.97.